The van der Waals surface area contributed by atoms with E-state index < -0.39 is 17.8 Å². The van der Waals surface area contributed by atoms with Gasteiger partial charge in [-0.1, -0.05) is 76.5 Å². The molecule has 0 radical (unpaired) electrons. The lowest BCUT2D eigenvalue weighted by Gasteiger charge is -2.36. The van der Waals surface area contributed by atoms with Crippen LogP contribution in [0.15, 0.2) is 47.1 Å². The molecule has 0 aromatic heterocycles. The highest BCUT2D eigenvalue weighted by atomic mass is 16.5. The quantitative estimate of drug-likeness (QED) is 0.130. The standard InChI is InChI=1S/C34H54O7.C2H6/c1-5-11-26(6-2)31(36)15-10-14-28-20-30(40-23-35)21-29(41-28)17-16-24(3)12-8-7-9-13-27-22-39-33-32(37)25(4)18-19-34(27,33)38;1-2/h7,9,13,16,18,23,26,28-33,36-38H,5-6,8,10-12,14-15,17,19-22H2,1-4H3;1-2H3/b9-7+,24-16+,27-13+;/t26?,28?,29?,30?,31?,32?,33-,34+;/m1./s1. The molecule has 3 aliphatic rings. The molecule has 2 saturated heterocycles. The molecule has 2 aliphatic heterocycles. The van der Waals surface area contributed by atoms with Gasteiger partial charge in [0.15, 0.2) is 0 Å². The van der Waals surface area contributed by atoms with Crippen molar-refractivity contribution < 1.29 is 34.3 Å². The molecule has 0 spiro atoms. The van der Waals surface area contributed by atoms with Crippen LogP contribution < -0.4 is 0 Å². The van der Waals surface area contributed by atoms with E-state index in [9.17, 15) is 20.1 Å². The maximum atomic E-state index is 11.1. The van der Waals surface area contributed by atoms with Crippen LogP contribution in [0.25, 0.3) is 0 Å². The summed E-state index contributed by atoms with van der Waals surface area (Å²) in [6, 6.07) is 0. The van der Waals surface area contributed by atoms with E-state index in [-0.39, 0.29) is 24.4 Å². The first-order valence-electron chi connectivity index (χ1n) is 16.8. The van der Waals surface area contributed by atoms with Crippen LogP contribution in [0, 0.1) is 5.92 Å². The molecule has 7 nitrogen and oxygen atoms in total. The highest BCUT2D eigenvalue weighted by molar-refractivity contribution is 5.37. The van der Waals surface area contributed by atoms with E-state index >= 15 is 0 Å². The third-order valence-corrected chi connectivity index (χ3v) is 9.24. The molecule has 0 amide bonds. The van der Waals surface area contributed by atoms with Gasteiger partial charge >= 0.3 is 0 Å². The van der Waals surface area contributed by atoms with Crippen molar-refractivity contribution in [2.75, 3.05) is 6.61 Å². The van der Waals surface area contributed by atoms with Crippen molar-refractivity contribution in [2.24, 2.45) is 5.92 Å². The summed E-state index contributed by atoms with van der Waals surface area (Å²) in [6.07, 6.45) is 18.6. The maximum absolute atomic E-state index is 11.1. The molecular weight excluding hydrogens is 544 g/mol. The van der Waals surface area contributed by atoms with E-state index in [4.69, 9.17) is 14.2 Å². The molecule has 0 aromatic rings. The molecule has 0 aromatic carbocycles. The average Bonchev–Trinajstić information content (AvgIpc) is 3.34. The molecule has 8 atom stereocenters. The highest BCUT2D eigenvalue weighted by Gasteiger charge is 2.51. The van der Waals surface area contributed by atoms with Crippen LogP contribution in [-0.4, -0.2) is 70.6 Å². The lowest BCUT2D eigenvalue weighted by molar-refractivity contribution is -0.148. The topological polar surface area (TPSA) is 105 Å². The van der Waals surface area contributed by atoms with Crippen LogP contribution in [-0.2, 0) is 19.0 Å². The van der Waals surface area contributed by atoms with Crippen molar-refractivity contribution in [2.45, 2.75) is 161 Å². The number of aliphatic hydroxyl groups excluding tert-OH is 2. The number of ether oxygens (including phenoxy) is 3. The van der Waals surface area contributed by atoms with E-state index in [0.717, 1.165) is 75.4 Å². The summed E-state index contributed by atoms with van der Waals surface area (Å²) in [6.45, 7) is 13.2. The van der Waals surface area contributed by atoms with Crippen LogP contribution in [0.1, 0.15) is 119 Å². The van der Waals surface area contributed by atoms with Crippen molar-refractivity contribution in [3.63, 3.8) is 0 Å². The zero-order chi connectivity index (χ0) is 31.8. The van der Waals surface area contributed by atoms with Crippen LogP contribution >= 0.6 is 0 Å². The zero-order valence-electron chi connectivity index (χ0n) is 27.7. The van der Waals surface area contributed by atoms with Gasteiger partial charge in [0, 0.05) is 19.3 Å². The molecule has 43 heavy (non-hydrogen) atoms. The van der Waals surface area contributed by atoms with Gasteiger partial charge in [-0.3, -0.25) is 4.79 Å². The summed E-state index contributed by atoms with van der Waals surface area (Å²) in [5, 5.41) is 32.0. The zero-order valence-corrected chi connectivity index (χ0v) is 27.7. The summed E-state index contributed by atoms with van der Waals surface area (Å²) in [7, 11) is 0. The first-order chi connectivity index (χ1) is 20.7. The summed E-state index contributed by atoms with van der Waals surface area (Å²) in [5.41, 5.74) is 1.81. The number of allylic oxidation sites excluding steroid dienone is 4. The van der Waals surface area contributed by atoms with Gasteiger partial charge in [0.2, 0.25) is 0 Å². The van der Waals surface area contributed by atoms with Gasteiger partial charge in [-0.2, -0.15) is 0 Å². The van der Waals surface area contributed by atoms with Crippen molar-refractivity contribution in [3.05, 3.63) is 47.1 Å². The molecule has 2 fully saturated rings. The SMILES string of the molecule is CC.CCCC(CC)C(O)CCCC1CC(OC=O)CC(C/C=C(\C)CC/C=C/C=C2\CO[C@@H]3C(O)C(C)=CC[C@]23O)O1. The Bertz CT molecular complexity index is 938. The smallest absolute Gasteiger partial charge is 0.293 e. The Balaban J connectivity index is 0.00000316. The Morgan fingerprint density at radius 3 is 2.65 bits per heavy atom. The predicted octanol–water partition coefficient (Wildman–Crippen LogP) is 6.90. The third kappa shape index (κ3) is 11.3. The van der Waals surface area contributed by atoms with Gasteiger partial charge in [-0.05, 0) is 75.9 Å². The minimum Gasteiger partial charge on any atom is -0.464 e. The van der Waals surface area contributed by atoms with E-state index in [2.05, 4.69) is 32.9 Å². The van der Waals surface area contributed by atoms with E-state index in [0.29, 0.717) is 31.8 Å². The molecule has 0 bridgehead atoms. The van der Waals surface area contributed by atoms with Crippen molar-refractivity contribution in [3.8, 4) is 0 Å². The molecule has 3 rings (SSSR count). The minimum absolute atomic E-state index is 0.0157. The number of carbonyl (C=O) groups is 1. The summed E-state index contributed by atoms with van der Waals surface area (Å²) in [4.78, 5) is 11.0. The lowest BCUT2D eigenvalue weighted by Crippen LogP contribution is -2.49. The molecule has 6 unspecified atom stereocenters. The van der Waals surface area contributed by atoms with Gasteiger partial charge in [0.25, 0.3) is 6.47 Å². The summed E-state index contributed by atoms with van der Waals surface area (Å²) >= 11 is 0. The molecule has 0 saturated carbocycles. The molecular formula is C36H60O7. The van der Waals surface area contributed by atoms with Crippen LogP contribution in [0.4, 0.5) is 0 Å². The Morgan fingerprint density at radius 2 is 1.95 bits per heavy atom. The fourth-order valence-electron chi connectivity index (χ4n) is 6.54. The Hall–Kier alpha value is -1.77. The number of carbonyl (C=O) groups excluding carboxylic acids is 1. The first-order valence-corrected chi connectivity index (χ1v) is 16.8. The molecule has 7 heteroatoms. The molecule has 1 aliphatic carbocycles. The molecule has 246 valence electrons. The Morgan fingerprint density at radius 1 is 1.21 bits per heavy atom. The molecule has 2 heterocycles. The maximum Gasteiger partial charge on any atom is 0.293 e. The molecule has 3 N–H and O–H groups in total. The van der Waals surface area contributed by atoms with Crippen molar-refractivity contribution in [1.82, 2.24) is 0 Å². The lowest BCUT2D eigenvalue weighted by atomic mass is 9.78. The van der Waals surface area contributed by atoms with Crippen LogP contribution in [0.5, 0.6) is 0 Å². The number of hydrogen-bond donors (Lipinski definition) is 3. The van der Waals surface area contributed by atoms with Gasteiger partial charge in [0.1, 0.15) is 23.9 Å². The Labute approximate surface area is 261 Å². The van der Waals surface area contributed by atoms with Gasteiger partial charge < -0.3 is 29.5 Å². The van der Waals surface area contributed by atoms with Crippen molar-refractivity contribution in [1.29, 1.82) is 0 Å². The third-order valence-electron chi connectivity index (χ3n) is 9.24. The number of fused-ring (bicyclic) bond motifs is 1. The normalized spacial score (nSPS) is 31.7. The second-order valence-electron chi connectivity index (χ2n) is 12.4. The first kappa shape index (κ1) is 37.4. The van der Waals surface area contributed by atoms with E-state index in [1.54, 1.807) is 0 Å². The van der Waals surface area contributed by atoms with Gasteiger partial charge in [-0.15, -0.1) is 0 Å². The van der Waals surface area contributed by atoms with Crippen molar-refractivity contribution >= 4 is 6.47 Å². The summed E-state index contributed by atoms with van der Waals surface area (Å²) < 4.78 is 17.5. The largest absolute Gasteiger partial charge is 0.464 e. The average molecular weight is 605 g/mol. The van der Waals surface area contributed by atoms with Crippen LogP contribution in [0.3, 0.4) is 0 Å². The van der Waals surface area contributed by atoms with Gasteiger partial charge in [-0.25, -0.2) is 0 Å². The van der Waals surface area contributed by atoms with Gasteiger partial charge in [0.05, 0.1) is 24.9 Å². The number of rotatable bonds is 16. The predicted molar refractivity (Wildman–Crippen MR) is 173 cm³/mol. The monoisotopic (exact) mass is 604 g/mol. The second-order valence-corrected chi connectivity index (χ2v) is 12.4. The number of hydrogen-bond acceptors (Lipinski definition) is 7. The van der Waals surface area contributed by atoms with E-state index in [1.165, 1.54) is 5.57 Å². The van der Waals surface area contributed by atoms with Crippen LogP contribution in [0.2, 0.25) is 0 Å². The minimum atomic E-state index is -1.13. The van der Waals surface area contributed by atoms with E-state index in [1.807, 2.05) is 39.0 Å². The fourth-order valence-corrected chi connectivity index (χ4v) is 6.54. The number of aliphatic hydroxyl groups is 3. The summed E-state index contributed by atoms with van der Waals surface area (Å²) in [5.74, 6) is 0.369. The Kier molecular flexibility index (Phi) is 17.0. The second kappa shape index (κ2) is 19.6. The highest BCUT2D eigenvalue weighted by Crippen LogP contribution is 2.41. The fraction of sp³-hybridized carbons (Fsp3) is 0.750.